The lowest BCUT2D eigenvalue weighted by Gasteiger charge is -2.27. The Labute approximate surface area is 126 Å². The van der Waals surface area contributed by atoms with Crippen molar-refractivity contribution < 1.29 is 4.79 Å². The lowest BCUT2D eigenvalue weighted by Crippen LogP contribution is -2.44. The standard InChI is InChI=1S/C17H25N3O/c1-2-20-9-5-7-14(20)11-19-17(21)16-12-18-10-13-6-3-4-8-15(13)16/h3-4,6,8,14,16,18H,2,5,7,9-12H2,1H3,(H,19,21). The van der Waals surface area contributed by atoms with E-state index in [9.17, 15) is 4.79 Å². The van der Waals surface area contributed by atoms with E-state index in [2.05, 4.69) is 34.6 Å². The molecule has 3 rings (SSSR count). The summed E-state index contributed by atoms with van der Waals surface area (Å²) in [6, 6.07) is 8.79. The van der Waals surface area contributed by atoms with Crippen molar-refractivity contribution in [2.75, 3.05) is 26.2 Å². The summed E-state index contributed by atoms with van der Waals surface area (Å²) in [7, 11) is 0. The Morgan fingerprint density at radius 1 is 1.43 bits per heavy atom. The number of carbonyl (C=O) groups is 1. The van der Waals surface area contributed by atoms with Gasteiger partial charge in [0, 0.05) is 25.7 Å². The number of likely N-dealkylation sites (tertiary alicyclic amines) is 1. The molecule has 2 N–H and O–H groups in total. The fraction of sp³-hybridized carbons (Fsp3) is 0.588. The maximum atomic E-state index is 12.5. The highest BCUT2D eigenvalue weighted by molar-refractivity contribution is 5.84. The van der Waals surface area contributed by atoms with Crippen molar-refractivity contribution >= 4 is 5.91 Å². The van der Waals surface area contributed by atoms with Gasteiger partial charge in [0.15, 0.2) is 0 Å². The number of hydrogen-bond acceptors (Lipinski definition) is 3. The van der Waals surface area contributed by atoms with E-state index in [1.807, 2.05) is 12.1 Å². The molecule has 0 saturated carbocycles. The van der Waals surface area contributed by atoms with Crippen LogP contribution >= 0.6 is 0 Å². The predicted octanol–water partition coefficient (Wildman–Crippen LogP) is 1.47. The van der Waals surface area contributed by atoms with Gasteiger partial charge in [-0.15, -0.1) is 0 Å². The molecule has 114 valence electrons. The molecular formula is C17H25N3O. The summed E-state index contributed by atoms with van der Waals surface area (Å²) in [5.41, 5.74) is 2.44. The molecule has 0 radical (unpaired) electrons. The van der Waals surface area contributed by atoms with E-state index < -0.39 is 0 Å². The monoisotopic (exact) mass is 287 g/mol. The van der Waals surface area contributed by atoms with Crippen LogP contribution in [-0.2, 0) is 11.3 Å². The van der Waals surface area contributed by atoms with Gasteiger partial charge in [0.25, 0.3) is 0 Å². The van der Waals surface area contributed by atoms with Crippen LogP contribution in [0.25, 0.3) is 0 Å². The summed E-state index contributed by atoms with van der Waals surface area (Å²) < 4.78 is 0. The normalized spacial score (nSPS) is 25.6. The molecule has 21 heavy (non-hydrogen) atoms. The Balaban J connectivity index is 1.61. The van der Waals surface area contributed by atoms with Crippen LogP contribution in [-0.4, -0.2) is 43.0 Å². The molecular weight excluding hydrogens is 262 g/mol. The van der Waals surface area contributed by atoms with Crippen LogP contribution in [0.15, 0.2) is 24.3 Å². The third-order valence-electron chi connectivity index (χ3n) is 4.83. The fourth-order valence-corrected chi connectivity index (χ4v) is 3.61. The van der Waals surface area contributed by atoms with Gasteiger partial charge in [-0.2, -0.15) is 0 Å². The number of nitrogens with zero attached hydrogens (tertiary/aromatic N) is 1. The van der Waals surface area contributed by atoms with Gasteiger partial charge >= 0.3 is 0 Å². The number of hydrogen-bond donors (Lipinski definition) is 2. The molecule has 1 amide bonds. The molecule has 1 saturated heterocycles. The molecule has 0 aromatic heterocycles. The number of fused-ring (bicyclic) bond motifs is 1. The first-order valence-corrected chi connectivity index (χ1v) is 8.10. The second-order valence-corrected chi connectivity index (χ2v) is 6.05. The molecule has 4 nitrogen and oxygen atoms in total. The van der Waals surface area contributed by atoms with Crippen molar-refractivity contribution in [3.63, 3.8) is 0 Å². The highest BCUT2D eigenvalue weighted by Crippen LogP contribution is 2.24. The van der Waals surface area contributed by atoms with Gasteiger partial charge in [-0.3, -0.25) is 9.69 Å². The molecule has 2 atom stereocenters. The molecule has 2 aliphatic rings. The number of carbonyl (C=O) groups excluding carboxylic acids is 1. The summed E-state index contributed by atoms with van der Waals surface area (Å²) in [5.74, 6) is 0.115. The summed E-state index contributed by atoms with van der Waals surface area (Å²) in [6.45, 7) is 6.84. The minimum Gasteiger partial charge on any atom is -0.354 e. The van der Waals surface area contributed by atoms with E-state index in [4.69, 9.17) is 0 Å². The SMILES string of the molecule is CCN1CCCC1CNC(=O)C1CNCc2ccccc21. The fourth-order valence-electron chi connectivity index (χ4n) is 3.61. The van der Waals surface area contributed by atoms with Gasteiger partial charge in [-0.1, -0.05) is 31.2 Å². The van der Waals surface area contributed by atoms with Crippen molar-refractivity contribution in [1.29, 1.82) is 0 Å². The minimum absolute atomic E-state index is 0.0496. The summed E-state index contributed by atoms with van der Waals surface area (Å²) >= 11 is 0. The average Bonchev–Trinajstić information content (AvgIpc) is 2.99. The van der Waals surface area contributed by atoms with Crippen molar-refractivity contribution in [3.8, 4) is 0 Å². The van der Waals surface area contributed by atoms with Gasteiger partial charge in [0.1, 0.15) is 0 Å². The zero-order valence-corrected chi connectivity index (χ0v) is 12.8. The first-order valence-electron chi connectivity index (χ1n) is 8.10. The van der Waals surface area contributed by atoms with Gasteiger partial charge in [-0.25, -0.2) is 0 Å². The Morgan fingerprint density at radius 2 is 2.29 bits per heavy atom. The Kier molecular flexibility index (Phi) is 4.56. The van der Waals surface area contributed by atoms with Crippen molar-refractivity contribution in [2.24, 2.45) is 0 Å². The van der Waals surface area contributed by atoms with Crippen LogP contribution in [0.3, 0.4) is 0 Å². The molecule has 1 aromatic carbocycles. The first kappa shape index (κ1) is 14.5. The van der Waals surface area contributed by atoms with Gasteiger partial charge in [-0.05, 0) is 37.1 Å². The molecule has 2 aliphatic heterocycles. The van der Waals surface area contributed by atoms with Crippen LogP contribution in [0.5, 0.6) is 0 Å². The Morgan fingerprint density at radius 3 is 3.14 bits per heavy atom. The second-order valence-electron chi connectivity index (χ2n) is 6.05. The zero-order chi connectivity index (χ0) is 14.7. The molecule has 4 heteroatoms. The van der Waals surface area contributed by atoms with Gasteiger partial charge in [0.2, 0.25) is 5.91 Å². The number of benzene rings is 1. The Hall–Kier alpha value is -1.39. The summed E-state index contributed by atoms with van der Waals surface area (Å²) in [6.07, 6.45) is 2.45. The van der Waals surface area contributed by atoms with Crippen LogP contribution in [0.1, 0.15) is 36.8 Å². The number of nitrogens with one attached hydrogen (secondary N) is 2. The largest absolute Gasteiger partial charge is 0.354 e. The van der Waals surface area contributed by atoms with Crippen LogP contribution in [0.4, 0.5) is 0 Å². The maximum Gasteiger partial charge on any atom is 0.228 e. The van der Waals surface area contributed by atoms with Crippen LogP contribution < -0.4 is 10.6 Å². The number of amides is 1. The third-order valence-corrected chi connectivity index (χ3v) is 4.83. The molecule has 0 aliphatic carbocycles. The van der Waals surface area contributed by atoms with E-state index >= 15 is 0 Å². The van der Waals surface area contributed by atoms with E-state index in [0.717, 1.165) is 26.2 Å². The molecule has 0 spiro atoms. The zero-order valence-electron chi connectivity index (χ0n) is 12.8. The average molecular weight is 287 g/mol. The van der Waals surface area contributed by atoms with Gasteiger partial charge < -0.3 is 10.6 Å². The van der Waals surface area contributed by atoms with Crippen molar-refractivity contribution in [3.05, 3.63) is 35.4 Å². The smallest absolute Gasteiger partial charge is 0.228 e. The van der Waals surface area contributed by atoms with E-state index in [1.54, 1.807) is 0 Å². The quantitative estimate of drug-likeness (QED) is 0.881. The van der Waals surface area contributed by atoms with Crippen molar-refractivity contribution in [2.45, 2.75) is 38.3 Å². The molecule has 2 heterocycles. The highest BCUT2D eigenvalue weighted by Gasteiger charge is 2.28. The summed E-state index contributed by atoms with van der Waals surface area (Å²) in [5, 5.41) is 6.53. The first-order chi connectivity index (χ1) is 10.3. The maximum absolute atomic E-state index is 12.5. The minimum atomic E-state index is -0.0496. The highest BCUT2D eigenvalue weighted by atomic mass is 16.1. The topological polar surface area (TPSA) is 44.4 Å². The summed E-state index contributed by atoms with van der Waals surface area (Å²) in [4.78, 5) is 15.0. The molecule has 1 fully saturated rings. The van der Waals surface area contributed by atoms with Gasteiger partial charge in [0.05, 0.1) is 5.92 Å². The second kappa shape index (κ2) is 6.58. The number of rotatable bonds is 4. The molecule has 0 bridgehead atoms. The lowest BCUT2D eigenvalue weighted by molar-refractivity contribution is -0.122. The van der Waals surface area contributed by atoms with Crippen LogP contribution in [0.2, 0.25) is 0 Å². The van der Waals surface area contributed by atoms with Crippen molar-refractivity contribution in [1.82, 2.24) is 15.5 Å². The van der Waals surface area contributed by atoms with E-state index in [1.165, 1.54) is 30.5 Å². The van der Waals surface area contributed by atoms with Crippen LogP contribution in [0, 0.1) is 0 Å². The number of likely N-dealkylation sites (N-methyl/N-ethyl adjacent to an activating group) is 1. The predicted molar refractivity (Wildman–Crippen MR) is 84.2 cm³/mol. The Bertz CT molecular complexity index is 503. The van der Waals surface area contributed by atoms with E-state index in [-0.39, 0.29) is 11.8 Å². The molecule has 2 unspecified atom stereocenters. The molecule has 1 aromatic rings. The lowest BCUT2D eigenvalue weighted by atomic mass is 9.90. The third kappa shape index (κ3) is 3.11. The van der Waals surface area contributed by atoms with E-state index in [0.29, 0.717) is 6.04 Å².